The molecule has 4 rings (SSSR count). The highest BCUT2D eigenvalue weighted by Crippen LogP contribution is 2.35. The highest BCUT2D eigenvalue weighted by atomic mass is 35.5. The van der Waals surface area contributed by atoms with Crippen LogP contribution in [0.3, 0.4) is 0 Å². The third-order valence-electron chi connectivity index (χ3n) is 6.22. The van der Waals surface area contributed by atoms with Gasteiger partial charge in [-0.25, -0.2) is 9.37 Å². The molecule has 0 bridgehead atoms. The summed E-state index contributed by atoms with van der Waals surface area (Å²) in [6, 6.07) is 6.41. The monoisotopic (exact) mass is 542 g/mol. The number of carbonyl (C=O) groups is 1. The number of pyridine rings is 2. The zero-order valence-corrected chi connectivity index (χ0v) is 22.2. The number of Topliss-reactive ketones (excluding diaryl/α,β-unsaturated/α-hetero) is 1. The Morgan fingerprint density at radius 2 is 1.89 bits per heavy atom. The van der Waals surface area contributed by atoms with Crippen LogP contribution in [0.5, 0.6) is 5.75 Å². The van der Waals surface area contributed by atoms with Gasteiger partial charge in [-0.3, -0.25) is 9.78 Å². The van der Waals surface area contributed by atoms with Crippen molar-refractivity contribution in [3.8, 4) is 17.0 Å². The standard InChI is InChI=1S/C25H28ClFN4O2.2ClH/c1-14(32)18-12-28-22-9-8-21(16-10-19(26)25(33)20(27)11-16)30-24(22)23(18)29-17-6-4-15(5-7-17)13-31(2)3;;/h8-12,15,17,33H,4-7,13H2,1-3H3,(H,28,29);2*1H. The predicted molar refractivity (Wildman–Crippen MR) is 144 cm³/mol. The van der Waals surface area contributed by atoms with Gasteiger partial charge in [0.1, 0.15) is 5.52 Å². The molecule has 2 heterocycles. The van der Waals surface area contributed by atoms with E-state index in [1.54, 1.807) is 18.3 Å². The van der Waals surface area contributed by atoms with Gasteiger partial charge in [0.2, 0.25) is 0 Å². The van der Waals surface area contributed by atoms with Gasteiger partial charge < -0.3 is 15.3 Å². The summed E-state index contributed by atoms with van der Waals surface area (Å²) in [4.78, 5) is 23.8. The molecule has 2 N–H and O–H groups in total. The maximum absolute atomic E-state index is 14.1. The van der Waals surface area contributed by atoms with Crippen molar-refractivity contribution in [1.29, 1.82) is 0 Å². The Morgan fingerprint density at radius 3 is 2.49 bits per heavy atom. The maximum atomic E-state index is 14.1. The van der Waals surface area contributed by atoms with Gasteiger partial charge in [-0.15, -0.1) is 24.8 Å². The fourth-order valence-electron chi connectivity index (χ4n) is 4.56. The largest absolute Gasteiger partial charge is 0.504 e. The van der Waals surface area contributed by atoms with Gasteiger partial charge >= 0.3 is 0 Å². The van der Waals surface area contributed by atoms with Gasteiger partial charge in [0.15, 0.2) is 17.3 Å². The predicted octanol–water partition coefficient (Wildman–Crippen LogP) is 6.37. The number of hydrogen-bond acceptors (Lipinski definition) is 6. The summed E-state index contributed by atoms with van der Waals surface area (Å²) in [6.07, 6.45) is 5.86. The first-order valence-electron chi connectivity index (χ1n) is 11.1. The number of phenols is 1. The number of nitrogens with one attached hydrogen (secondary N) is 1. The van der Waals surface area contributed by atoms with Crippen LogP contribution in [-0.4, -0.2) is 52.4 Å². The summed E-state index contributed by atoms with van der Waals surface area (Å²) in [5, 5.41) is 13.1. The van der Waals surface area contributed by atoms with E-state index in [2.05, 4.69) is 29.3 Å². The minimum atomic E-state index is -0.817. The molecule has 0 radical (unpaired) electrons. The number of benzene rings is 1. The van der Waals surface area contributed by atoms with Gasteiger partial charge in [-0.2, -0.15) is 0 Å². The quantitative estimate of drug-likeness (QED) is 0.352. The van der Waals surface area contributed by atoms with E-state index in [1.165, 1.54) is 19.1 Å². The molecular formula is C25H30Cl3FN4O2. The fourth-order valence-corrected chi connectivity index (χ4v) is 4.77. The minimum absolute atomic E-state index is 0. The van der Waals surface area contributed by atoms with Crippen LogP contribution in [-0.2, 0) is 0 Å². The average Bonchev–Trinajstić information content (AvgIpc) is 2.77. The Hall–Kier alpha value is -2.19. The van der Waals surface area contributed by atoms with Crippen LogP contribution in [0.25, 0.3) is 22.3 Å². The number of phenolic OH excluding ortho intramolecular Hbond substituents is 1. The third kappa shape index (κ3) is 6.53. The Labute approximate surface area is 222 Å². The SMILES string of the molecule is CC(=O)c1cnc2ccc(-c3cc(F)c(O)c(Cl)c3)nc2c1NC1CCC(CN(C)C)CC1.Cl.Cl. The van der Waals surface area contributed by atoms with E-state index in [4.69, 9.17) is 16.6 Å². The minimum Gasteiger partial charge on any atom is -0.504 e. The second-order valence-electron chi connectivity index (χ2n) is 9.08. The first kappa shape index (κ1) is 29.0. The van der Waals surface area contributed by atoms with E-state index in [9.17, 15) is 14.3 Å². The zero-order chi connectivity index (χ0) is 23.7. The van der Waals surface area contributed by atoms with Gasteiger partial charge in [0.25, 0.3) is 0 Å². The smallest absolute Gasteiger partial charge is 0.170 e. The number of anilines is 1. The van der Waals surface area contributed by atoms with Gasteiger partial charge in [-0.05, 0) is 76.9 Å². The third-order valence-corrected chi connectivity index (χ3v) is 6.51. The summed E-state index contributed by atoms with van der Waals surface area (Å²) in [5.41, 5.74) is 3.25. The second-order valence-corrected chi connectivity index (χ2v) is 9.49. The van der Waals surface area contributed by atoms with Gasteiger partial charge in [-0.1, -0.05) is 11.6 Å². The molecule has 1 aromatic carbocycles. The lowest BCUT2D eigenvalue weighted by atomic mass is 9.85. The number of carbonyl (C=O) groups excluding carboxylic acids is 1. The van der Waals surface area contributed by atoms with Crippen LogP contribution in [0.4, 0.5) is 10.1 Å². The lowest BCUT2D eigenvalue weighted by Crippen LogP contribution is -2.31. The molecule has 0 unspecified atom stereocenters. The van der Waals surface area contributed by atoms with Crippen molar-refractivity contribution < 1.29 is 14.3 Å². The van der Waals surface area contributed by atoms with Crippen molar-refractivity contribution in [1.82, 2.24) is 14.9 Å². The first-order valence-corrected chi connectivity index (χ1v) is 11.5. The molecule has 6 nitrogen and oxygen atoms in total. The fraction of sp³-hybridized carbons (Fsp3) is 0.400. The molecule has 0 aliphatic heterocycles. The van der Waals surface area contributed by atoms with Crippen LogP contribution >= 0.6 is 36.4 Å². The molecule has 1 fully saturated rings. The average molecular weight is 544 g/mol. The Balaban J connectivity index is 0.00000216. The van der Waals surface area contributed by atoms with Crippen LogP contribution in [0.1, 0.15) is 43.0 Å². The number of aromatic hydroxyl groups is 1. The van der Waals surface area contributed by atoms with Crippen molar-refractivity contribution in [2.75, 3.05) is 26.0 Å². The maximum Gasteiger partial charge on any atom is 0.170 e. The molecule has 3 aromatic rings. The van der Waals surface area contributed by atoms with E-state index in [0.717, 1.165) is 32.2 Å². The van der Waals surface area contributed by atoms with Gasteiger partial charge in [0.05, 0.1) is 27.5 Å². The number of rotatable bonds is 6. The van der Waals surface area contributed by atoms with E-state index in [0.29, 0.717) is 39.5 Å². The summed E-state index contributed by atoms with van der Waals surface area (Å²) in [5.74, 6) is -0.825. The van der Waals surface area contributed by atoms with Crippen molar-refractivity contribution in [2.24, 2.45) is 5.92 Å². The molecule has 0 atom stereocenters. The first-order chi connectivity index (χ1) is 15.7. The van der Waals surface area contributed by atoms with Crippen molar-refractivity contribution in [2.45, 2.75) is 38.6 Å². The Morgan fingerprint density at radius 1 is 1.20 bits per heavy atom. The molecule has 190 valence electrons. The highest BCUT2D eigenvalue weighted by Gasteiger charge is 2.24. The number of fused-ring (bicyclic) bond motifs is 1. The number of hydrogen-bond donors (Lipinski definition) is 2. The summed E-state index contributed by atoms with van der Waals surface area (Å²) >= 11 is 5.97. The van der Waals surface area contributed by atoms with Crippen molar-refractivity contribution in [3.63, 3.8) is 0 Å². The lowest BCUT2D eigenvalue weighted by Gasteiger charge is -2.31. The Bertz CT molecular complexity index is 1180. The topological polar surface area (TPSA) is 78.3 Å². The van der Waals surface area contributed by atoms with E-state index >= 15 is 0 Å². The van der Waals surface area contributed by atoms with Crippen molar-refractivity contribution >= 4 is 58.9 Å². The summed E-state index contributed by atoms with van der Waals surface area (Å²) in [7, 11) is 4.20. The highest BCUT2D eigenvalue weighted by molar-refractivity contribution is 6.32. The number of ketones is 1. The van der Waals surface area contributed by atoms with E-state index < -0.39 is 11.6 Å². The van der Waals surface area contributed by atoms with Gasteiger partial charge in [0, 0.05) is 24.3 Å². The van der Waals surface area contributed by atoms with Crippen LogP contribution in [0.15, 0.2) is 30.5 Å². The second kappa shape index (κ2) is 12.2. The van der Waals surface area contributed by atoms with Crippen molar-refractivity contribution in [3.05, 3.63) is 46.9 Å². The van der Waals surface area contributed by atoms with Crippen LogP contribution in [0, 0.1) is 11.7 Å². The molecule has 35 heavy (non-hydrogen) atoms. The molecule has 1 saturated carbocycles. The normalized spacial score (nSPS) is 17.5. The molecule has 0 saturated heterocycles. The molecule has 1 aliphatic rings. The molecule has 0 spiro atoms. The number of aromatic nitrogens is 2. The molecular weight excluding hydrogens is 514 g/mol. The molecule has 10 heteroatoms. The summed E-state index contributed by atoms with van der Waals surface area (Å²) < 4.78 is 14.1. The number of halogens is 4. The molecule has 2 aromatic heterocycles. The van der Waals surface area contributed by atoms with Crippen LogP contribution < -0.4 is 5.32 Å². The Kier molecular flexibility index (Phi) is 10.1. The number of nitrogens with zero attached hydrogens (tertiary/aromatic N) is 3. The summed E-state index contributed by atoms with van der Waals surface area (Å²) in [6.45, 7) is 2.60. The van der Waals surface area contributed by atoms with Crippen LogP contribution in [0.2, 0.25) is 5.02 Å². The zero-order valence-electron chi connectivity index (χ0n) is 19.8. The van der Waals surface area contributed by atoms with E-state index in [1.807, 2.05) is 0 Å². The van der Waals surface area contributed by atoms with E-state index in [-0.39, 0.29) is 41.7 Å². The molecule has 0 amide bonds. The lowest BCUT2D eigenvalue weighted by molar-refractivity contribution is 0.101. The molecule has 1 aliphatic carbocycles.